The van der Waals surface area contributed by atoms with Crippen LogP contribution in [0, 0.1) is 13.8 Å². The topological polar surface area (TPSA) is 64.4 Å². The second kappa shape index (κ2) is 6.39. The van der Waals surface area contributed by atoms with E-state index in [2.05, 4.69) is 12.0 Å². The first kappa shape index (κ1) is 13.7. The average Bonchev–Trinajstić information content (AvgIpc) is 2.52. The molecule has 0 saturated heterocycles. The summed E-state index contributed by atoms with van der Waals surface area (Å²) in [5.41, 5.74) is 2.53. The number of carboxylic acid groups (broad SMARTS) is 1. The summed E-state index contributed by atoms with van der Waals surface area (Å²) in [6.45, 7) is 7.84. The number of aryl methyl sites for hydroxylation is 1. The summed E-state index contributed by atoms with van der Waals surface area (Å²) in [5, 5.41) is 13.1. The van der Waals surface area contributed by atoms with E-state index in [4.69, 9.17) is 9.84 Å². The maximum absolute atomic E-state index is 10.7. The van der Waals surface area contributed by atoms with Crippen LogP contribution in [0.1, 0.15) is 30.3 Å². The smallest absolute Gasteiger partial charge is 0.307 e. The Bertz CT molecular complexity index is 385. The fourth-order valence-electron chi connectivity index (χ4n) is 1.76. The van der Waals surface area contributed by atoms with Crippen molar-refractivity contribution in [3.63, 3.8) is 0 Å². The lowest BCUT2D eigenvalue weighted by molar-refractivity contribution is -0.136. The van der Waals surface area contributed by atoms with E-state index in [1.54, 1.807) is 0 Å². The maximum atomic E-state index is 10.7. The average molecular weight is 240 g/mol. The van der Waals surface area contributed by atoms with Crippen LogP contribution in [0.2, 0.25) is 0 Å². The molecular formula is C12H20N2O3. The minimum Gasteiger partial charge on any atom is -0.481 e. The Balaban J connectivity index is 2.64. The van der Waals surface area contributed by atoms with Crippen molar-refractivity contribution >= 4 is 5.97 Å². The van der Waals surface area contributed by atoms with E-state index >= 15 is 0 Å². The number of carboxylic acids is 1. The lowest BCUT2D eigenvalue weighted by Crippen LogP contribution is -2.10. The number of aromatic nitrogens is 2. The van der Waals surface area contributed by atoms with Crippen molar-refractivity contribution < 1.29 is 14.6 Å². The van der Waals surface area contributed by atoms with E-state index in [9.17, 15) is 4.79 Å². The standard InChI is InChI=1S/C12H20N2O3/c1-4-6-17-7-5-14-10(3)11(8-12(15)16)9(2)13-14/h4-8H2,1-3H3,(H,15,16). The highest BCUT2D eigenvalue weighted by molar-refractivity contribution is 5.70. The van der Waals surface area contributed by atoms with Crippen molar-refractivity contribution in [2.24, 2.45) is 0 Å². The fraction of sp³-hybridized carbons (Fsp3) is 0.667. The van der Waals surface area contributed by atoms with Crippen LogP contribution < -0.4 is 0 Å². The lowest BCUT2D eigenvalue weighted by Gasteiger charge is -2.05. The summed E-state index contributed by atoms with van der Waals surface area (Å²) in [6, 6.07) is 0. The molecule has 17 heavy (non-hydrogen) atoms. The van der Waals surface area contributed by atoms with Crippen molar-refractivity contribution in [2.75, 3.05) is 13.2 Å². The molecule has 5 heteroatoms. The molecule has 0 atom stereocenters. The van der Waals surface area contributed by atoms with Crippen molar-refractivity contribution in [2.45, 2.75) is 40.2 Å². The molecule has 0 aromatic carbocycles. The van der Waals surface area contributed by atoms with Crippen molar-refractivity contribution in [1.29, 1.82) is 0 Å². The summed E-state index contributed by atoms with van der Waals surface area (Å²) in [6.07, 6.45) is 1.04. The van der Waals surface area contributed by atoms with Gasteiger partial charge in [-0.1, -0.05) is 6.92 Å². The van der Waals surface area contributed by atoms with Gasteiger partial charge in [0.25, 0.3) is 0 Å². The van der Waals surface area contributed by atoms with E-state index in [1.807, 2.05) is 18.5 Å². The highest BCUT2D eigenvalue weighted by Crippen LogP contribution is 2.13. The zero-order valence-electron chi connectivity index (χ0n) is 10.7. The third kappa shape index (κ3) is 3.85. The summed E-state index contributed by atoms with van der Waals surface area (Å²) in [7, 11) is 0. The Morgan fingerprint density at radius 2 is 2.12 bits per heavy atom. The molecule has 0 unspecified atom stereocenters. The molecule has 0 aliphatic carbocycles. The molecule has 1 aromatic heterocycles. The van der Waals surface area contributed by atoms with Gasteiger partial charge in [-0.15, -0.1) is 0 Å². The van der Waals surface area contributed by atoms with E-state index in [0.29, 0.717) is 13.2 Å². The fourth-order valence-corrected chi connectivity index (χ4v) is 1.76. The molecule has 0 saturated carbocycles. The number of aliphatic carboxylic acids is 1. The van der Waals surface area contributed by atoms with Gasteiger partial charge in [-0.3, -0.25) is 9.48 Å². The van der Waals surface area contributed by atoms with Crippen LogP contribution in [0.25, 0.3) is 0 Å². The highest BCUT2D eigenvalue weighted by atomic mass is 16.5. The number of hydrogen-bond acceptors (Lipinski definition) is 3. The van der Waals surface area contributed by atoms with Gasteiger partial charge in [-0.05, 0) is 20.3 Å². The largest absolute Gasteiger partial charge is 0.481 e. The third-order valence-electron chi connectivity index (χ3n) is 2.66. The van der Waals surface area contributed by atoms with E-state index < -0.39 is 5.97 Å². The highest BCUT2D eigenvalue weighted by Gasteiger charge is 2.13. The number of hydrogen-bond donors (Lipinski definition) is 1. The van der Waals surface area contributed by atoms with Gasteiger partial charge < -0.3 is 9.84 Å². The number of rotatable bonds is 7. The van der Waals surface area contributed by atoms with Crippen LogP contribution in [-0.2, 0) is 22.5 Å². The molecule has 5 nitrogen and oxygen atoms in total. The molecule has 0 aliphatic rings. The lowest BCUT2D eigenvalue weighted by atomic mass is 10.1. The van der Waals surface area contributed by atoms with Crippen LogP contribution >= 0.6 is 0 Å². The Hall–Kier alpha value is -1.36. The quantitative estimate of drug-likeness (QED) is 0.734. The second-order valence-corrected chi connectivity index (χ2v) is 4.06. The van der Waals surface area contributed by atoms with Crippen molar-refractivity contribution in [3.05, 3.63) is 17.0 Å². The summed E-state index contributed by atoms with van der Waals surface area (Å²) >= 11 is 0. The van der Waals surface area contributed by atoms with Gasteiger partial charge in [-0.2, -0.15) is 5.10 Å². The Morgan fingerprint density at radius 3 is 2.71 bits per heavy atom. The second-order valence-electron chi connectivity index (χ2n) is 4.06. The predicted molar refractivity (Wildman–Crippen MR) is 64.2 cm³/mol. The van der Waals surface area contributed by atoms with Crippen LogP contribution in [0.4, 0.5) is 0 Å². The molecule has 0 amide bonds. The molecule has 1 rings (SSSR count). The summed E-state index contributed by atoms with van der Waals surface area (Å²) < 4.78 is 7.22. The van der Waals surface area contributed by atoms with Gasteiger partial charge in [-0.25, -0.2) is 0 Å². The van der Waals surface area contributed by atoms with Crippen molar-refractivity contribution in [3.8, 4) is 0 Å². The minimum atomic E-state index is -0.821. The van der Waals surface area contributed by atoms with Crippen LogP contribution in [0.5, 0.6) is 0 Å². The van der Waals surface area contributed by atoms with E-state index in [1.165, 1.54) is 0 Å². The van der Waals surface area contributed by atoms with Gasteiger partial charge >= 0.3 is 5.97 Å². The number of carbonyl (C=O) groups is 1. The van der Waals surface area contributed by atoms with Crippen LogP contribution in [0.3, 0.4) is 0 Å². The Kier molecular flexibility index (Phi) is 5.15. The van der Waals surface area contributed by atoms with Gasteiger partial charge in [0.2, 0.25) is 0 Å². The zero-order chi connectivity index (χ0) is 12.8. The van der Waals surface area contributed by atoms with Crippen LogP contribution in [0.15, 0.2) is 0 Å². The molecule has 1 heterocycles. The van der Waals surface area contributed by atoms with Gasteiger partial charge in [0.1, 0.15) is 0 Å². The van der Waals surface area contributed by atoms with E-state index in [-0.39, 0.29) is 6.42 Å². The SMILES string of the molecule is CCCOCCn1nc(C)c(CC(=O)O)c1C. The van der Waals surface area contributed by atoms with Gasteiger partial charge in [0.15, 0.2) is 0 Å². The summed E-state index contributed by atoms with van der Waals surface area (Å²) in [5.74, 6) is -0.821. The Morgan fingerprint density at radius 1 is 1.41 bits per heavy atom. The normalized spacial score (nSPS) is 10.8. The molecule has 1 N–H and O–H groups in total. The first-order valence-corrected chi connectivity index (χ1v) is 5.88. The monoisotopic (exact) mass is 240 g/mol. The number of nitrogens with zero attached hydrogens (tertiary/aromatic N) is 2. The van der Waals surface area contributed by atoms with Gasteiger partial charge in [0, 0.05) is 17.9 Å². The van der Waals surface area contributed by atoms with Gasteiger partial charge in [0.05, 0.1) is 25.3 Å². The molecule has 1 aromatic rings. The molecular weight excluding hydrogens is 220 g/mol. The first-order valence-electron chi connectivity index (χ1n) is 5.88. The molecule has 0 bridgehead atoms. The predicted octanol–water partition coefficient (Wildman–Crippen LogP) is 1.55. The van der Waals surface area contributed by atoms with E-state index in [0.717, 1.165) is 30.0 Å². The minimum absolute atomic E-state index is 0.0352. The Labute approximate surface area is 101 Å². The summed E-state index contributed by atoms with van der Waals surface area (Å²) in [4.78, 5) is 10.7. The van der Waals surface area contributed by atoms with Crippen molar-refractivity contribution in [1.82, 2.24) is 9.78 Å². The maximum Gasteiger partial charge on any atom is 0.307 e. The zero-order valence-corrected chi connectivity index (χ0v) is 10.7. The van der Waals surface area contributed by atoms with Crippen LogP contribution in [-0.4, -0.2) is 34.1 Å². The number of ether oxygens (including phenoxy) is 1. The third-order valence-corrected chi connectivity index (χ3v) is 2.66. The molecule has 0 aliphatic heterocycles. The molecule has 96 valence electrons. The molecule has 0 spiro atoms. The molecule has 0 fully saturated rings. The molecule has 0 radical (unpaired) electrons. The first-order chi connectivity index (χ1) is 8.06.